The molecule has 0 N–H and O–H groups in total. The Bertz CT molecular complexity index is 219. The third-order valence-corrected chi connectivity index (χ3v) is 2.26. The molecule has 0 bridgehead atoms. The van der Waals surface area contributed by atoms with Crippen LogP contribution in [-0.4, -0.2) is 23.1 Å². The Hall–Kier alpha value is -0.471. The van der Waals surface area contributed by atoms with Crippen molar-refractivity contribution in [3.8, 4) is 0 Å². The molecule has 0 heterocycles. The summed E-state index contributed by atoms with van der Waals surface area (Å²) < 4.78 is 4.95. The van der Waals surface area contributed by atoms with Gasteiger partial charge < -0.3 is 14.4 Å². The van der Waals surface area contributed by atoms with Gasteiger partial charge in [-0.15, -0.1) is 6.08 Å². The number of allylic oxidation sites excluding steroid dienone is 1. The first kappa shape index (κ1) is 18.9. The van der Waals surface area contributed by atoms with E-state index in [4.69, 9.17) is 4.74 Å². The normalized spacial score (nSPS) is 10.8. The minimum Gasteiger partial charge on any atom is -0.603 e. The fraction of sp³-hybridized carbons (Fsp3) is 0.769. The molecule has 0 atom stereocenters. The maximum absolute atomic E-state index is 11.7. The minimum atomic E-state index is -0.322. The molecule has 0 unspecified atom stereocenters. The molecule has 0 fully saturated rings. The number of amides is 1. The molecular weight excluding hydrogens is 266 g/mol. The summed E-state index contributed by atoms with van der Waals surface area (Å²) >= 11 is 0. The topological polar surface area (TPSA) is 29.5 Å². The van der Waals surface area contributed by atoms with Gasteiger partial charge in [-0.1, -0.05) is 26.0 Å². The average molecular weight is 290 g/mol. The first-order chi connectivity index (χ1) is 7.50. The molecule has 1 amide bonds. The number of ether oxygens (including phenoxy) is 1. The van der Waals surface area contributed by atoms with Gasteiger partial charge in [0.2, 0.25) is 6.09 Å². The van der Waals surface area contributed by atoms with E-state index < -0.39 is 0 Å². The Labute approximate surface area is 116 Å². The number of rotatable bonds is 6. The van der Waals surface area contributed by atoms with Crippen LogP contribution in [0.25, 0.3) is 0 Å². The average Bonchev–Trinajstić information content (AvgIpc) is 2.16. The molecule has 0 saturated carbocycles. The molecule has 17 heavy (non-hydrogen) atoms. The van der Waals surface area contributed by atoms with Crippen molar-refractivity contribution in [1.29, 1.82) is 0 Å². The second-order valence-electron chi connectivity index (χ2n) is 4.43. The zero-order valence-electron chi connectivity index (χ0n) is 11.4. The Morgan fingerprint density at radius 2 is 1.82 bits per heavy atom. The summed E-state index contributed by atoms with van der Waals surface area (Å²) in [6, 6.07) is 0.287. The van der Waals surface area contributed by atoms with Gasteiger partial charge in [0.25, 0.3) is 0 Å². The number of carbonyl (C=O) groups is 1. The summed E-state index contributed by atoms with van der Waals surface area (Å²) in [4.78, 5) is 13.4. The number of carbonyl (C=O) groups excluding carboxylic acids is 1. The van der Waals surface area contributed by atoms with Crippen LogP contribution in [-0.2, 0) is 21.8 Å². The summed E-state index contributed by atoms with van der Waals surface area (Å²) in [6.45, 7) is 10.0. The van der Waals surface area contributed by atoms with Crippen molar-refractivity contribution in [3.05, 3.63) is 12.3 Å². The van der Waals surface area contributed by atoms with E-state index in [9.17, 15) is 4.79 Å². The Balaban J connectivity index is 0. The van der Waals surface area contributed by atoms with Crippen LogP contribution < -0.4 is 0 Å². The van der Waals surface area contributed by atoms with Crippen LogP contribution in [0.3, 0.4) is 0 Å². The fourth-order valence-corrected chi connectivity index (χ4v) is 1.53. The van der Waals surface area contributed by atoms with Gasteiger partial charge in [-0.2, -0.15) is 0 Å². The second-order valence-corrected chi connectivity index (χ2v) is 4.43. The van der Waals surface area contributed by atoms with Crippen LogP contribution in [0.4, 0.5) is 4.79 Å². The number of hydrogen-bond donors (Lipinski definition) is 0. The van der Waals surface area contributed by atoms with E-state index >= 15 is 0 Å². The predicted octanol–water partition coefficient (Wildman–Crippen LogP) is 3.75. The molecule has 4 heteroatoms. The maximum atomic E-state index is 11.7. The van der Waals surface area contributed by atoms with E-state index in [1.165, 1.54) is 0 Å². The zero-order valence-corrected chi connectivity index (χ0v) is 12.4. The number of nitrogens with zero attached hydrogens (tertiary/aromatic N) is 1. The molecule has 0 radical (unpaired) electrons. The van der Waals surface area contributed by atoms with Crippen molar-refractivity contribution >= 4 is 6.09 Å². The van der Waals surface area contributed by atoms with Crippen LogP contribution in [0.15, 0.2) is 6.08 Å². The van der Waals surface area contributed by atoms with E-state index in [-0.39, 0.29) is 35.2 Å². The van der Waals surface area contributed by atoms with E-state index in [1.807, 2.05) is 27.7 Å². The number of unbranched alkanes of at least 4 members (excludes halogenated alkanes) is 2. The zero-order chi connectivity index (χ0) is 12.6. The molecule has 0 aromatic carbocycles. The van der Waals surface area contributed by atoms with Gasteiger partial charge >= 0.3 is 17.1 Å². The fourth-order valence-electron chi connectivity index (χ4n) is 1.53. The van der Waals surface area contributed by atoms with E-state index in [0.717, 1.165) is 19.3 Å². The van der Waals surface area contributed by atoms with Crippen molar-refractivity contribution in [3.63, 3.8) is 0 Å². The largest absolute Gasteiger partial charge is 1.00 e. The van der Waals surface area contributed by atoms with E-state index in [2.05, 4.69) is 13.2 Å². The standard InChI is InChI=1S/C13H24NO2.Cu/c1-6-7-8-9-10-16-13(15)14(11(2)3)12(4)5;/h9,11-12H,6-8H2,1-5H3;/q-1;+1. The molecule has 0 rings (SSSR count). The monoisotopic (exact) mass is 289 g/mol. The van der Waals surface area contributed by atoms with Crippen LogP contribution >= 0.6 is 0 Å². The molecule has 0 spiro atoms. The Kier molecular flexibility index (Phi) is 11.9. The van der Waals surface area contributed by atoms with Gasteiger partial charge in [0.1, 0.15) is 0 Å². The molecule has 0 aliphatic rings. The summed E-state index contributed by atoms with van der Waals surface area (Å²) in [5, 5.41) is 0. The molecule has 0 aromatic heterocycles. The summed E-state index contributed by atoms with van der Waals surface area (Å²) in [6.07, 6.45) is 7.20. The third kappa shape index (κ3) is 8.28. The van der Waals surface area contributed by atoms with Crippen LogP contribution in [0, 0.1) is 6.26 Å². The van der Waals surface area contributed by atoms with E-state index in [0.29, 0.717) is 0 Å². The van der Waals surface area contributed by atoms with Crippen molar-refractivity contribution < 1.29 is 26.6 Å². The van der Waals surface area contributed by atoms with Crippen LogP contribution in [0.5, 0.6) is 0 Å². The summed E-state index contributed by atoms with van der Waals surface area (Å²) in [5.41, 5.74) is 0. The summed E-state index contributed by atoms with van der Waals surface area (Å²) in [5.74, 6) is 0. The molecule has 0 aromatic rings. The molecule has 0 aliphatic heterocycles. The molecule has 0 aliphatic carbocycles. The van der Waals surface area contributed by atoms with Crippen molar-refractivity contribution in [2.75, 3.05) is 0 Å². The smallest absolute Gasteiger partial charge is 0.603 e. The second kappa shape index (κ2) is 10.7. The Morgan fingerprint density at radius 1 is 1.29 bits per heavy atom. The molecule has 104 valence electrons. The molecule has 0 saturated heterocycles. The first-order valence-corrected chi connectivity index (χ1v) is 6.07. The van der Waals surface area contributed by atoms with Gasteiger partial charge in [0.05, 0.1) is 0 Å². The summed E-state index contributed by atoms with van der Waals surface area (Å²) in [7, 11) is 0. The van der Waals surface area contributed by atoms with Gasteiger partial charge in [-0.3, -0.25) is 0 Å². The number of hydrogen-bond acceptors (Lipinski definition) is 2. The van der Waals surface area contributed by atoms with Gasteiger partial charge in [-0.05, 0) is 34.1 Å². The quantitative estimate of drug-likeness (QED) is 0.323. The minimum absolute atomic E-state index is 0. The van der Waals surface area contributed by atoms with E-state index in [1.54, 1.807) is 11.0 Å². The Morgan fingerprint density at radius 3 is 2.24 bits per heavy atom. The van der Waals surface area contributed by atoms with Crippen molar-refractivity contribution in [1.82, 2.24) is 4.90 Å². The van der Waals surface area contributed by atoms with Crippen LogP contribution in [0.2, 0.25) is 0 Å². The third-order valence-electron chi connectivity index (χ3n) is 2.26. The maximum Gasteiger partial charge on any atom is 1.00 e. The van der Waals surface area contributed by atoms with Gasteiger partial charge in [0.15, 0.2) is 0 Å². The van der Waals surface area contributed by atoms with Crippen LogP contribution in [0.1, 0.15) is 53.9 Å². The van der Waals surface area contributed by atoms with Gasteiger partial charge in [0, 0.05) is 12.1 Å². The van der Waals surface area contributed by atoms with Crippen molar-refractivity contribution in [2.24, 2.45) is 0 Å². The SMILES string of the molecule is CCCCC=[C-]OC(=O)N(C(C)C)C(C)C.[Cu+]. The molecular formula is C13H24CuNO2. The van der Waals surface area contributed by atoms with Gasteiger partial charge in [-0.25, -0.2) is 0 Å². The molecule has 3 nitrogen and oxygen atoms in total. The predicted molar refractivity (Wildman–Crippen MR) is 65.9 cm³/mol. The van der Waals surface area contributed by atoms with Crippen molar-refractivity contribution in [2.45, 2.75) is 66.0 Å². The first-order valence-electron chi connectivity index (χ1n) is 6.07.